The summed E-state index contributed by atoms with van der Waals surface area (Å²) in [5.41, 5.74) is 21.4. The molecule has 0 aliphatic rings. The maximum absolute atomic E-state index is 10.8. The summed E-state index contributed by atoms with van der Waals surface area (Å²) in [5.74, 6) is 0.164. The highest BCUT2D eigenvalue weighted by molar-refractivity contribution is 5.87. The van der Waals surface area contributed by atoms with Crippen molar-refractivity contribution in [1.82, 2.24) is 19.9 Å². The monoisotopic (exact) mass is 491 g/mol. The third-order valence-electron chi connectivity index (χ3n) is 5.63. The van der Waals surface area contributed by atoms with Gasteiger partial charge in [0.25, 0.3) is 0 Å². The Labute approximate surface area is 205 Å². The maximum Gasteiger partial charge on any atom is 0.341 e. The van der Waals surface area contributed by atoms with Crippen molar-refractivity contribution in [3.05, 3.63) is 53.1 Å². The first-order valence-electron chi connectivity index (χ1n) is 10.9. The van der Waals surface area contributed by atoms with E-state index in [1.165, 1.54) is 0 Å². The molecule has 2 heterocycles. The van der Waals surface area contributed by atoms with Crippen molar-refractivity contribution in [2.75, 3.05) is 30.4 Å². The SMILES string of the molecule is Cc1c(OCC(=O)O)ccc(C(O)COc2ccc(-c3nc4c(N)nc(N)nc4nc3N)cc2)c1C. The van der Waals surface area contributed by atoms with Gasteiger partial charge in [-0.3, -0.25) is 0 Å². The first-order valence-corrected chi connectivity index (χ1v) is 10.9. The number of rotatable bonds is 8. The summed E-state index contributed by atoms with van der Waals surface area (Å²) in [6.07, 6.45) is -0.908. The van der Waals surface area contributed by atoms with E-state index in [0.717, 1.165) is 11.1 Å². The number of fused-ring (bicyclic) bond motifs is 1. The lowest BCUT2D eigenvalue weighted by molar-refractivity contribution is -0.139. The van der Waals surface area contributed by atoms with Gasteiger partial charge in [-0.1, -0.05) is 6.07 Å². The van der Waals surface area contributed by atoms with Crippen LogP contribution in [0.5, 0.6) is 11.5 Å². The van der Waals surface area contributed by atoms with Gasteiger partial charge < -0.3 is 36.9 Å². The molecule has 186 valence electrons. The van der Waals surface area contributed by atoms with Crippen molar-refractivity contribution in [3.63, 3.8) is 0 Å². The van der Waals surface area contributed by atoms with Gasteiger partial charge in [-0.2, -0.15) is 9.97 Å². The fourth-order valence-electron chi connectivity index (χ4n) is 3.66. The molecule has 0 saturated heterocycles. The molecule has 12 heteroatoms. The third-order valence-corrected chi connectivity index (χ3v) is 5.63. The maximum atomic E-state index is 10.8. The van der Waals surface area contributed by atoms with Gasteiger partial charge in [-0.15, -0.1) is 0 Å². The summed E-state index contributed by atoms with van der Waals surface area (Å²) in [7, 11) is 0. The number of hydrogen-bond acceptors (Lipinski definition) is 11. The van der Waals surface area contributed by atoms with Crippen molar-refractivity contribution < 1.29 is 24.5 Å². The molecule has 0 aliphatic heterocycles. The highest BCUT2D eigenvalue weighted by Crippen LogP contribution is 2.30. The standard InChI is InChI=1S/C24H25N7O5/c1-11-12(2)17(36-10-18(33)34)8-7-15(11)16(32)9-35-14-5-3-13(4-6-14)19-21(25)29-23-20(28-19)22(26)30-24(27)31-23/h3-8,16,32H,9-10H2,1-2H3,(H,33,34)(H6,25,26,27,29,30,31). The highest BCUT2D eigenvalue weighted by Gasteiger charge is 2.17. The van der Waals surface area contributed by atoms with Gasteiger partial charge in [0.05, 0.1) is 0 Å². The van der Waals surface area contributed by atoms with Crippen molar-refractivity contribution in [1.29, 1.82) is 0 Å². The lowest BCUT2D eigenvalue weighted by Gasteiger charge is -2.18. The summed E-state index contributed by atoms with van der Waals surface area (Å²) in [4.78, 5) is 27.4. The highest BCUT2D eigenvalue weighted by atomic mass is 16.5. The van der Waals surface area contributed by atoms with E-state index in [0.29, 0.717) is 33.8 Å². The normalized spacial score (nSPS) is 11.9. The van der Waals surface area contributed by atoms with E-state index < -0.39 is 18.7 Å². The van der Waals surface area contributed by atoms with Crippen molar-refractivity contribution >= 4 is 34.7 Å². The summed E-state index contributed by atoms with van der Waals surface area (Å²) in [6, 6.07) is 10.3. The minimum atomic E-state index is -1.06. The molecule has 4 rings (SSSR count). The molecular formula is C24H25N7O5. The van der Waals surface area contributed by atoms with Gasteiger partial charge in [0, 0.05) is 5.56 Å². The van der Waals surface area contributed by atoms with Crippen molar-refractivity contribution in [3.8, 4) is 22.8 Å². The van der Waals surface area contributed by atoms with Crippen LogP contribution in [0.3, 0.4) is 0 Å². The summed E-state index contributed by atoms with van der Waals surface area (Å²) >= 11 is 0. The Kier molecular flexibility index (Phi) is 6.70. The number of carboxylic acids is 1. The second-order valence-corrected chi connectivity index (χ2v) is 8.03. The molecule has 0 amide bonds. The number of nitrogen functional groups attached to an aromatic ring is 3. The van der Waals surface area contributed by atoms with Crippen LogP contribution in [-0.4, -0.2) is 49.3 Å². The smallest absolute Gasteiger partial charge is 0.341 e. The number of hydrogen-bond donors (Lipinski definition) is 5. The van der Waals surface area contributed by atoms with E-state index in [1.807, 2.05) is 6.92 Å². The van der Waals surface area contributed by atoms with Gasteiger partial charge >= 0.3 is 5.97 Å². The number of ether oxygens (including phenoxy) is 2. The number of anilines is 3. The molecule has 36 heavy (non-hydrogen) atoms. The zero-order valence-electron chi connectivity index (χ0n) is 19.6. The van der Waals surface area contributed by atoms with Crippen LogP contribution in [0, 0.1) is 13.8 Å². The predicted octanol–water partition coefficient (Wildman–Crippen LogP) is 2.03. The quantitative estimate of drug-likeness (QED) is 0.240. The zero-order chi connectivity index (χ0) is 26.0. The lowest BCUT2D eigenvalue weighted by Crippen LogP contribution is -2.13. The molecule has 1 atom stereocenters. The van der Waals surface area contributed by atoms with E-state index in [1.54, 1.807) is 43.3 Å². The Morgan fingerprint density at radius 1 is 0.917 bits per heavy atom. The number of aliphatic hydroxyl groups is 1. The molecule has 2 aromatic heterocycles. The fourth-order valence-corrected chi connectivity index (χ4v) is 3.66. The summed E-state index contributed by atoms with van der Waals surface area (Å²) in [6.45, 7) is 3.20. The molecule has 0 spiro atoms. The molecule has 0 aliphatic carbocycles. The zero-order valence-corrected chi connectivity index (χ0v) is 19.6. The van der Waals surface area contributed by atoms with E-state index >= 15 is 0 Å². The number of nitrogens with two attached hydrogens (primary N) is 3. The molecule has 12 nitrogen and oxygen atoms in total. The van der Waals surface area contributed by atoms with Crippen LogP contribution in [0.1, 0.15) is 22.8 Å². The van der Waals surface area contributed by atoms with E-state index in [9.17, 15) is 9.90 Å². The number of carboxylic acid groups (broad SMARTS) is 1. The van der Waals surface area contributed by atoms with Crippen LogP contribution in [-0.2, 0) is 4.79 Å². The van der Waals surface area contributed by atoms with Crippen molar-refractivity contribution in [2.45, 2.75) is 20.0 Å². The molecule has 4 aromatic rings. The van der Waals surface area contributed by atoms with Crippen LogP contribution >= 0.6 is 0 Å². The van der Waals surface area contributed by atoms with E-state index in [-0.39, 0.29) is 29.8 Å². The van der Waals surface area contributed by atoms with Gasteiger partial charge in [-0.25, -0.2) is 14.8 Å². The molecule has 0 fully saturated rings. The minimum absolute atomic E-state index is 0.00215. The number of aliphatic carboxylic acids is 1. The molecule has 8 N–H and O–H groups in total. The number of nitrogens with zero attached hydrogens (tertiary/aromatic N) is 4. The minimum Gasteiger partial charge on any atom is -0.491 e. The Balaban J connectivity index is 1.47. The van der Waals surface area contributed by atoms with Crippen LogP contribution < -0.4 is 26.7 Å². The summed E-state index contributed by atoms with van der Waals surface area (Å²) < 4.78 is 11.1. The molecule has 0 radical (unpaired) electrons. The van der Waals surface area contributed by atoms with Gasteiger partial charge in [-0.05, 0) is 60.9 Å². The number of benzene rings is 2. The Hall–Kier alpha value is -4.71. The first-order chi connectivity index (χ1) is 17.1. The van der Waals surface area contributed by atoms with Gasteiger partial charge in [0.2, 0.25) is 5.95 Å². The van der Waals surface area contributed by atoms with E-state index in [4.69, 9.17) is 31.8 Å². The molecular weight excluding hydrogens is 466 g/mol. The van der Waals surface area contributed by atoms with Crippen LogP contribution in [0.2, 0.25) is 0 Å². The largest absolute Gasteiger partial charge is 0.491 e. The second-order valence-electron chi connectivity index (χ2n) is 8.03. The van der Waals surface area contributed by atoms with E-state index in [2.05, 4.69) is 19.9 Å². The lowest BCUT2D eigenvalue weighted by atomic mass is 9.98. The number of carbonyl (C=O) groups is 1. The Morgan fingerprint density at radius 3 is 2.33 bits per heavy atom. The topological polar surface area (TPSA) is 206 Å². The molecule has 0 bridgehead atoms. The van der Waals surface area contributed by atoms with Gasteiger partial charge in [0.15, 0.2) is 29.4 Å². The third kappa shape index (κ3) is 5.03. The predicted molar refractivity (Wildman–Crippen MR) is 133 cm³/mol. The van der Waals surface area contributed by atoms with Crippen LogP contribution in [0.4, 0.5) is 17.6 Å². The number of aliphatic hydroxyl groups excluding tert-OH is 1. The average Bonchev–Trinajstić information content (AvgIpc) is 2.83. The Bertz CT molecular complexity index is 1440. The number of aromatic nitrogens is 4. The average molecular weight is 492 g/mol. The molecule has 0 saturated carbocycles. The van der Waals surface area contributed by atoms with Crippen LogP contribution in [0.25, 0.3) is 22.4 Å². The molecule has 2 aromatic carbocycles. The fraction of sp³-hybridized carbons (Fsp3) is 0.208. The Morgan fingerprint density at radius 2 is 1.64 bits per heavy atom. The molecule has 1 unspecified atom stereocenters. The summed E-state index contributed by atoms with van der Waals surface area (Å²) in [5, 5.41) is 19.5. The van der Waals surface area contributed by atoms with Crippen molar-refractivity contribution in [2.24, 2.45) is 0 Å². The van der Waals surface area contributed by atoms with Gasteiger partial charge in [0.1, 0.15) is 29.9 Å². The van der Waals surface area contributed by atoms with Crippen LogP contribution in [0.15, 0.2) is 36.4 Å². The second kappa shape index (κ2) is 9.88. The first kappa shape index (κ1) is 24.4.